The third-order valence-corrected chi connectivity index (χ3v) is 3.61. The Labute approximate surface area is 124 Å². The zero-order valence-corrected chi connectivity index (χ0v) is 12.6. The number of alkyl halides is 3. The summed E-state index contributed by atoms with van der Waals surface area (Å²) in [6.45, 7) is -1.92. The minimum Gasteiger partial charge on any atom is -0.322 e. The van der Waals surface area contributed by atoms with E-state index in [2.05, 4.69) is 5.32 Å². The third kappa shape index (κ3) is 5.98. The van der Waals surface area contributed by atoms with Crippen molar-refractivity contribution in [2.24, 2.45) is 0 Å². The summed E-state index contributed by atoms with van der Waals surface area (Å²) in [6, 6.07) is 2.79. The van der Waals surface area contributed by atoms with Gasteiger partial charge in [0.2, 0.25) is 5.91 Å². The number of amides is 1. The molecule has 1 amide bonds. The molecule has 0 radical (unpaired) electrons. The van der Waals surface area contributed by atoms with Gasteiger partial charge >= 0.3 is 6.18 Å². The molecule has 1 aromatic carbocycles. The SMILES string of the molecule is CN(CC(=O)Nc1cc(S(C)(=O)=O)ccc1F)CC(F)(F)F. The van der Waals surface area contributed by atoms with E-state index in [9.17, 15) is 30.8 Å². The molecule has 22 heavy (non-hydrogen) atoms. The Hall–Kier alpha value is -1.68. The van der Waals surface area contributed by atoms with Crippen LogP contribution in [-0.4, -0.2) is 51.8 Å². The quantitative estimate of drug-likeness (QED) is 0.653. The number of hydrogen-bond acceptors (Lipinski definition) is 4. The fraction of sp³-hybridized carbons (Fsp3) is 0.417. The molecule has 124 valence electrons. The van der Waals surface area contributed by atoms with E-state index in [1.807, 2.05) is 0 Å². The van der Waals surface area contributed by atoms with Gasteiger partial charge in [-0.2, -0.15) is 13.2 Å². The van der Waals surface area contributed by atoms with Crippen molar-refractivity contribution in [2.45, 2.75) is 11.1 Å². The van der Waals surface area contributed by atoms with E-state index in [1.54, 1.807) is 0 Å². The van der Waals surface area contributed by atoms with Gasteiger partial charge in [-0.1, -0.05) is 0 Å². The Morgan fingerprint density at radius 1 is 1.32 bits per heavy atom. The molecule has 0 fully saturated rings. The Bertz CT molecular complexity index is 659. The van der Waals surface area contributed by atoms with Crippen LogP contribution in [0.15, 0.2) is 23.1 Å². The number of carbonyl (C=O) groups excluding carboxylic acids is 1. The molecule has 0 aromatic heterocycles. The molecule has 0 bridgehead atoms. The van der Waals surface area contributed by atoms with Crippen LogP contribution in [0.5, 0.6) is 0 Å². The summed E-state index contributed by atoms with van der Waals surface area (Å²) >= 11 is 0. The van der Waals surface area contributed by atoms with Gasteiger partial charge in [0.05, 0.1) is 23.7 Å². The van der Waals surface area contributed by atoms with Gasteiger partial charge in [-0.25, -0.2) is 12.8 Å². The number of nitrogens with zero attached hydrogens (tertiary/aromatic N) is 1. The molecule has 0 spiro atoms. The number of likely N-dealkylation sites (N-methyl/N-ethyl adjacent to an activating group) is 1. The minimum absolute atomic E-state index is 0.215. The predicted molar refractivity (Wildman–Crippen MR) is 71.7 cm³/mol. The molecule has 10 heteroatoms. The molecule has 0 atom stereocenters. The normalized spacial score (nSPS) is 12.5. The van der Waals surface area contributed by atoms with Gasteiger partial charge in [0.1, 0.15) is 5.82 Å². The van der Waals surface area contributed by atoms with Crippen LogP contribution in [0, 0.1) is 5.82 Å². The zero-order valence-electron chi connectivity index (χ0n) is 11.7. The van der Waals surface area contributed by atoms with Crippen molar-refractivity contribution in [1.82, 2.24) is 4.90 Å². The first-order chi connectivity index (χ1) is 9.88. The summed E-state index contributed by atoms with van der Waals surface area (Å²) in [7, 11) is -2.52. The summed E-state index contributed by atoms with van der Waals surface area (Å²) in [5.41, 5.74) is -0.409. The highest BCUT2D eigenvalue weighted by atomic mass is 32.2. The van der Waals surface area contributed by atoms with E-state index < -0.39 is 46.5 Å². The molecule has 0 saturated carbocycles. The molecule has 1 N–H and O–H groups in total. The summed E-state index contributed by atoms with van der Waals surface area (Å²) in [5.74, 6) is -1.78. The van der Waals surface area contributed by atoms with Crippen LogP contribution in [0.4, 0.5) is 23.2 Å². The van der Waals surface area contributed by atoms with Crippen LogP contribution >= 0.6 is 0 Å². The van der Waals surface area contributed by atoms with E-state index in [4.69, 9.17) is 0 Å². The van der Waals surface area contributed by atoms with Crippen molar-refractivity contribution in [3.05, 3.63) is 24.0 Å². The second-order valence-electron chi connectivity index (χ2n) is 4.75. The Morgan fingerprint density at radius 2 is 1.91 bits per heavy atom. The zero-order chi connectivity index (χ0) is 17.1. The number of halogens is 4. The highest BCUT2D eigenvalue weighted by molar-refractivity contribution is 7.90. The lowest BCUT2D eigenvalue weighted by Crippen LogP contribution is -2.37. The number of hydrogen-bond donors (Lipinski definition) is 1. The average Bonchev–Trinajstić information content (AvgIpc) is 2.27. The second kappa shape index (κ2) is 6.61. The van der Waals surface area contributed by atoms with Crippen LogP contribution in [0.25, 0.3) is 0 Å². The molecule has 5 nitrogen and oxygen atoms in total. The number of benzene rings is 1. The van der Waals surface area contributed by atoms with Crippen LogP contribution < -0.4 is 5.32 Å². The first-order valence-corrected chi connectivity index (χ1v) is 7.82. The summed E-state index contributed by atoms with van der Waals surface area (Å²) < 4.78 is 72.6. The van der Waals surface area contributed by atoms with Gasteiger partial charge in [0.15, 0.2) is 9.84 Å². The Balaban J connectivity index is 2.80. The number of sulfone groups is 1. The topological polar surface area (TPSA) is 66.5 Å². The lowest BCUT2D eigenvalue weighted by molar-refractivity contribution is -0.145. The molecular weight excluding hydrogens is 328 g/mol. The maximum absolute atomic E-state index is 13.5. The fourth-order valence-corrected chi connectivity index (χ4v) is 2.27. The van der Waals surface area contributed by atoms with Gasteiger partial charge in [-0.05, 0) is 25.2 Å². The standard InChI is InChI=1S/C12H14F4N2O3S/c1-18(7-12(14,15)16)6-11(19)17-10-5-8(22(2,20)21)3-4-9(10)13/h3-5H,6-7H2,1-2H3,(H,17,19). The number of nitrogens with one attached hydrogen (secondary N) is 1. The number of rotatable bonds is 5. The molecule has 0 aliphatic heterocycles. The summed E-state index contributed by atoms with van der Waals surface area (Å²) in [4.78, 5) is 12.1. The van der Waals surface area contributed by atoms with E-state index in [-0.39, 0.29) is 4.90 Å². The van der Waals surface area contributed by atoms with E-state index >= 15 is 0 Å². The lowest BCUT2D eigenvalue weighted by atomic mass is 10.3. The minimum atomic E-state index is -4.46. The first-order valence-electron chi connectivity index (χ1n) is 5.93. The van der Waals surface area contributed by atoms with Crippen molar-refractivity contribution >= 4 is 21.4 Å². The van der Waals surface area contributed by atoms with E-state index in [1.165, 1.54) is 0 Å². The monoisotopic (exact) mass is 342 g/mol. The van der Waals surface area contributed by atoms with Crippen molar-refractivity contribution in [1.29, 1.82) is 0 Å². The van der Waals surface area contributed by atoms with Gasteiger partial charge < -0.3 is 5.32 Å². The highest BCUT2D eigenvalue weighted by Crippen LogP contribution is 2.20. The van der Waals surface area contributed by atoms with Crippen molar-refractivity contribution in [3.8, 4) is 0 Å². The lowest BCUT2D eigenvalue weighted by Gasteiger charge is -2.18. The van der Waals surface area contributed by atoms with E-state index in [0.717, 1.165) is 31.5 Å². The molecule has 0 saturated heterocycles. The smallest absolute Gasteiger partial charge is 0.322 e. The van der Waals surface area contributed by atoms with E-state index in [0.29, 0.717) is 4.90 Å². The van der Waals surface area contributed by atoms with Crippen LogP contribution in [0.1, 0.15) is 0 Å². The molecule has 0 aliphatic carbocycles. The van der Waals surface area contributed by atoms with Gasteiger partial charge in [-0.3, -0.25) is 9.69 Å². The Morgan fingerprint density at radius 3 is 2.41 bits per heavy atom. The summed E-state index contributed by atoms with van der Waals surface area (Å²) in [5, 5.41) is 2.05. The van der Waals surface area contributed by atoms with Crippen molar-refractivity contribution < 1.29 is 30.8 Å². The predicted octanol–water partition coefficient (Wildman–Crippen LogP) is 1.66. The van der Waals surface area contributed by atoms with Gasteiger partial charge in [-0.15, -0.1) is 0 Å². The van der Waals surface area contributed by atoms with Crippen molar-refractivity contribution in [2.75, 3.05) is 31.7 Å². The molecule has 0 heterocycles. The van der Waals surface area contributed by atoms with Gasteiger partial charge in [0, 0.05) is 6.26 Å². The maximum Gasteiger partial charge on any atom is 0.401 e. The molecule has 0 unspecified atom stereocenters. The van der Waals surface area contributed by atoms with Gasteiger partial charge in [0.25, 0.3) is 0 Å². The first kappa shape index (κ1) is 18.4. The van der Waals surface area contributed by atoms with Crippen LogP contribution in [0.3, 0.4) is 0 Å². The molecular formula is C12H14F4N2O3S. The molecule has 1 rings (SSSR count). The Kier molecular flexibility index (Phi) is 5.52. The van der Waals surface area contributed by atoms with Crippen molar-refractivity contribution in [3.63, 3.8) is 0 Å². The third-order valence-electron chi connectivity index (χ3n) is 2.50. The van der Waals surface area contributed by atoms with Crippen LogP contribution in [0.2, 0.25) is 0 Å². The average molecular weight is 342 g/mol. The second-order valence-corrected chi connectivity index (χ2v) is 6.77. The molecule has 0 aliphatic rings. The largest absolute Gasteiger partial charge is 0.401 e. The summed E-state index contributed by atoms with van der Waals surface area (Å²) in [6.07, 6.45) is -3.56. The van der Waals surface area contributed by atoms with Crippen LogP contribution in [-0.2, 0) is 14.6 Å². The molecule has 1 aromatic rings. The fourth-order valence-electron chi connectivity index (χ4n) is 1.63. The number of anilines is 1. The maximum atomic E-state index is 13.5. The number of carbonyl (C=O) groups is 1. The highest BCUT2D eigenvalue weighted by Gasteiger charge is 2.29.